The highest BCUT2D eigenvalue weighted by molar-refractivity contribution is 4.86. The maximum atomic E-state index is 9.37. The van der Waals surface area contributed by atoms with E-state index in [1.807, 2.05) is 0 Å². The summed E-state index contributed by atoms with van der Waals surface area (Å²) in [4.78, 5) is 2.36. The Balaban J connectivity index is 2.63. The molecule has 0 aliphatic carbocycles. The molecule has 3 nitrogen and oxygen atoms in total. The molecular formula is C12H22N2O. The molecule has 1 fully saturated rings. The van der Waals surface area contributed by atoms with Gasteiger partial charge in [-0.15, -0.1) is 0 Å². The lowest BCUT2D eigenvalue weighted by Crippen LogP contribution is -2.44. The molecule has 0 aromatic rings. The zero-order valence-corrected chi connectivity index (χ0v) is 9.65. The first kappa shape index (κ1) is 12.5. The number of nitriles is 1. The smallest absolute Gasteiger partial charge is 0.0638 e. The van der Waals surface area contributed by atoms with E-state index < -0.39 is 0 Å². The van der Waals surface area contributed by atoms with Crippen LogP contribution < -0.4 is 0 Å². The fourth-order valence-corrected chi connectivity index (χ4v) is 2.48. The summed E-state index contributed by atoms with van der Waals surface area (Å²) in [5.41, 5.74) is 0. The number of aliphatic hydroxyl groups is 1. The highest BCUT2D eigenvalue weighted by atomic mass is 16.3. The predicted octanol–water partition coefficient (Wildman–Crippen LogP) is 1.92. The summed E-state index contributed by atoms with van der Waals surface area (Å²) < 4.78 is 0. The molecule has 1 N–H and O–H groups in total. The SMILES string of the molecule is CCC(CC#N)N1CCCCCC1CO. The number of hydrogen-bond donors (Lipinski definition) is 1. The van der Waals surface area contributed by atoms with Crippen molar-refractivity contribution in [2.24, 2.45) is 0 Å². The summed E-state index contributed by atoms with van der Waals surface area (Å²) in [7, 11) is 0. The van der Waals surface area contributed by atoms with Crippen molar-refractivity contribution in [3.63, 3.8) is 0 Å². The van der Waals surface area contributed by atoms with Crippen LogP contribution in [0.4, 0.5) is 0 Å². The van der Waals surface area contributed by atoms with Crippen LogP contribution >= 0.6 is 0 Å². The summed E-state index contributed by atoms with van der Waals surface area (Å²) in [5, 5.41) is 18.2. The Hall–Kier alpha value is -0.590. The van der Waals surface area contributed by atoms with Crippen molar-refractivity contribution in [2.75, 3.05) is 13.2 Å². The van der Waals surface area contributed by atoms with Crippen LogP contribution in [-0.4, -0.2) is 35.2 Å². The molecule has 3 heteroatoms. The van der Waals surface area contributed by atoms with Gasteiger partial charge in [-0.05, 0) is 25.8 Å². The normalized spacial score (nSPS) is 25.5. The first-order valence-electron chi connectivity index (χ1n) is 6.07. The van der Waals surface area contributed by atoms with E-state index in [2.05, 4.69) is 17.9 Å². The topological polar surface area (TPSA) is 47.3 Å². The Labute approximate surface area is 92.7 Å². The lowest BCUT2D eigenvalue weighted by Gasteiger charge is -2.34. The van der Waals surface area contributed by atoms with Crippen molar-refractivity contribution >= 4 is 0 Å². The average Bonchev–Trinajstić information content (AvgIpc) is 2.50. The maximum absolute atomic E-state index is 9.37. The van der Waals surface area contributed by atoms with E-state index in [0.717, 1.165) is 19.4 Å². The van der Waals surface area contributed by atoms with Gasteiger partial charge < -0.3 is 5.11 Å². The summed E-state index contributed by atoms with van der Waals surface area (Å²) in [6.45, 7) is 3.41. The van der Waals surface area contributed by atoms with Crippen molar-refractivity contribution < 1.29 is 5.11 Å². The molecule has 1 aliphatic rings. The quantitative estimate of drug-likeness (QED) is 0.771. The summed E-state index contributed by atoms with van der Waals surface area (Å²) in [6, 6.07) is 2.88. The molecule has 1 saturated heterocycles. The van der Waals surface area contributed by atoms with Crippen molar-refractivity contribution in [3.8, 4) is 6.07 Å². The fraction of sp³-hybridized carbons (Fsp3) is 0.917. The summed E-state index contributed by atoms with van der Waals surface area (Å²) in [5.74, 6) is 0. The van der Waals surface area contributed by atoms with Crippen LogP contribution in [0.1, 0.15) is 45.4 Å². The largest absolute Gasteiger partial charge is 0.395 e. The third-order valence-corrected chi connectivity index (χ3v) is 3.40. The Morgan fingerprint density at radius 3 is 2.87 bits per heavy atom. The number of hydrogen-bond acceptors (Lipinski definition) is 3. The van der Waals surface area contributed by atoms with Crippen molar-refractivity contribution in [1.29, 1.82) is 5.26 Å². The van der Waals surface area contributed by atoms with Crippen LogP contribution in [0.2, 0.25) is 0 Å². The van der Waals surface area contributed by atoms with Crippen LogP contribution in [0.25, 0.3) is 0 Å². The van der Waals surface area contributed by atoms with Gasteiger partial charge in [0.15, 0.2) is 0 Å². The lowest BCUT2D eigenvalue weighted by molar-refractivity contribution is 0.0839. The molecule has 2 unspecified atom stereocenters. The fourth-order valence-electron chi connectivity index (χ4n) is 2.48. The zero-order valence-electron chi connectivity index (χ0n) is 9.65. The second-order valence-electron chi connectivity index (χ2n) is 4.35. The van der Waals surface area contributed by atoms with E-state index in [4.69, 9.17) is 5.26 Å². The first-order valence-corrected chi connectivity index (χ1v) is 6.07. The number of nitrogens with zero attached hydrogens (tertiary/aromatic N) is 2. The summed E-state index contributed by atoms with van der Waals surface area (Å²) in [6.07, 6.45) is 6.36. The molecule has 2 atom stereocenters. The van der Waals surface area contributed by atoms with Crippen molar-refractivity contribution in [3.05, 3.63) is 0 Å². The van der Waals surface area contributed by atoms with Gasteiger partial charge in [0.1, 0.15) is 0 Å². The predicted molar refractivity (Wildman–Crippen MR) is 60.4 cm³/mol. The molecule has 1 heterocycles. The minimum atomic E-state index is 0.238. The van der Waals surface area contributed by atoms with Crippen molar-refractivity contribution in [2.45, 2.75) is 57.5 Å². The Bertz CT molecular complexity index is 212. The second-order valence-corrected chi connectivity index (χ2v) is 4.35. The van der Waals surface area contributed by atoms with Gasteiger partial charge in [-0.25, -0.2) is 0 Å². The van der Waals surface area contributed by atoms with Crippen molar-refractivity contribution in [1.82, 2.24) is 4.90 Å². The van der Waals surface area contributed by atoms with E-state index in [1.165, 1.54) is 19.3 Å². The van der Waals surface area contributed by atoms with Gasteiger partial charge in [-0.1, -0.05) is 19.8 Å². The highest BCUT2D eigenvalue weighted by Gasteiger charge is 2.25. The molecule has 0 bridgehead atoms. The number of likely N-dealkylation sites (tertiary alicyclic amines) is 1. The molecule has 0 saturated carbocycles. The summed E-state index contributed by atoms with van der Waals surface area (Å²) >= 11 is 0. The van der Waals surface area contributed by atoms with Gasteiger partial charge in [0.25, 0.3) is 0 Å². The van der Waals surface area contributed by atoms with Gasteiger partial charge in [0, 0.05) is 12.1 Å². The molecule has 0 aromatic carbocycles. The van der Waals surface area contributed by atoms with Gasteiger partial charge in [-0.2, -0.15) is 5.26 Å². The Morgan fingerprint density at radius 2 is 2.27 bits per heavy atom. The maximum Gasteiger partial charge on any atom is 0.0638 e. The Morgan fingerprint density at radius 1 is 1.47 bits per heavy atom. The van der Waals surface area contributed by atoms with Gasteiger partial charge >= 0.3 is 0 Å². The van der Waals surface area contributed by atoms with E-state index in [0.29, 0.717) is 12.5 Å². The lowest BCUT2D eigenvalue weighted by atomic mass is 10.1. The van der Waals surface area contributed by atoms with Crippen LogP contribution in [0.15, 0.2) is 0 Å². The molecule has 0 amide bonds. The monoisotopic (exact) mass is 210 g/mol. The zero-order chi connectivity index (χ0) is 11.1. The number of rotatable bonds is 4. The van der Waals surface area contributed by atoms with Gasteiger partial charge in [0.2, 0.25) is 0 Å². The van der Waals surface area contributed by atoms with E-state index in [1.54, 1.807) is 0 Å². The molecule has 1 rings (SSSR count). The van der Waals surface area contributed by atoms with Gasteiger partial charge in [0.05, 0.1) is 19.1 Å². The van der Waals surface area contributed by atoms with Crippen LogP contribution in [0.3, 0.4) is 0 Å². The highest BCUT2D eigenvalue weighted by Crippen LogP contribution is 2.21. The van der Waals surface area contributed by atoms with Crippen LogP contribution in [0.5, 0.6) is 0 Å². The minimum Gasteiger partial charge on any atom is -0.395 e. The third-order valence-electron chi connectivity index (χ3n) is 3.40. The molecule has 1 aliphatic heterocycles. The molecule has 0 spiro atoms. The standard InChI is InChI=1S/C12H22N2O/c1-2-11(7-8-13)14-9-5-3-4-6-12(14)10-15/h11-12,15H,2-7,9-10H2,1H3. The van der Waals surface area contributed by atoms with Crippen LogP contribution in [-0.2, 0) is 0 Å². The van der Waals surface area contributed by atoms with Gasteiger partial charge in [-0.3, -0.25) is 4.90 Å². The minimum absolute atomic E-state index is 0.238. The van der Waals surface area contributed by atoms with E-state index in [9.17, 15) is 5.11 Å². The molecule has 15 heavy (non-hydrogen) atoms. The molecule has 0 radical (unpaired) electrons. The number of aliphatic hydroxyl groups excluding tert-OH is 1. The second kappa shape index (κ2) is 6.81. The van der Waals surface area contributed by atoms with E-state index >= 15 is 0 Å². The third kappa shape index (κ3) is 3.48. The molecule has 0 aromatic heterocycles. The van der Waals surface area contributed by atoms with E-state index in [-0.39, 0.29) is 12.6 Å². The molecular weight excluding hydrogens is 188 g/mol. The molecule has 86 valence electrons. The van der Waals surface area contributed by atoms with Crippen LogP contribution in [0, 0.1) is 11.3 Å². The average molecular weight is 210 g/mol. The Kier molecular flexibility index (Phi) is 5.67. The first-order chi connectivity index (χ1) is 7.33.